The number of carbonyl (C=O) groups excluding carboxylic acids is 1. The highest BCUT2D eigenvalue weighted by atomic mass is 16.8. The van der Waals surface area contributed by atoms with E-state index >= 15 is 0 Å². The first-order valence-corrected chi connectivity index (χ1v) is 14.2. The number of hydrogen-bond acceptors (Lipinski definition) is 10. The molecule has 3 fully saturated rings. The first kappa shape index (κ1) is 27.1. The number of ether oxygens (including phenoxy) is 4. The molecule has 0 bridgehead atoms. The molecule has 40 heavy (non-hydrogen) atoms. The second-order valence-electron chi connectivity index (χ2n) is 11.5. The number of likely N-dealkylation sites (N-methyl/N-ethyl adjacent to an activating group) is 1. The van der Waals surface area contributed by atoms with Crippen LogP contribution in [0, 0.1) is 5.92 Å². The molecule has 2 aromatic heterocycles. The van der Waals surface area contributed by atoms with Gasteiger partial charge in [0.2, 0.25) is 0 Å². The average molecular weight is 551 g/mol. The molecule has 2 N–H and O–H groups in total. The number of rotatable bonds is 10. The van der Waals surface area contributed by atoms with Crippen LogP contribution < -0.4 is 5.73 Å². The smallest absolute Gasteiger partial charge is 0.306 e. The van der Waals surface area contributed by atoms with Crippen LogP contribution in [0.2, 0.25) is 0 Å². The lowest BCUT2D eigenvalue weighted by molar-refractivity contribution is -0.199. The molecule has 0 amide bonds. The second kappa shape index (κ2) is 11.0. The maximum Gasteiger partial charge on any atom is 0.306 e. The van der Waals surface area contributed by atoms with Gasteiger partial charge in [-0.2, -0.15) is 0 Å². The molecule has 4 atom stereocenters. The van der Waals surface area contributed by atoms with Crippen molar-refractivity contribution in [3.63, 3.8) is 0 Å². The van der Waals surface area contributed by atoms with Crippen molar-refractivity contribution in [2.45, 2.75) is 89.4 Å². The van der Waals surface area contributed by atoms with E-state index in [2.05, 4.69) is 26.8 Å². The lowest BCUT2D eigenvalue weighted by atomic mass is 9.76. The van der Waals surface area contributed by atoms with Crippen molar-refractivity contribution in [3.05, 3.63) is 48.5 Å². The highest BCUT2D eigenvalue weighted by molar-refractivity contribution is 5.81. The molecule has 2 aliphatic heterocycles. The standard InChI is InChI=1S/C29H38N6O5/c1-4-34(20-12-19(13-20)10-11-22(36)37-15-18-8-6-5-7-9-18)14-21-24-25(40-29(2,3)39-24)28(38-21)35-17-33-23-26(30)31-16-32-27(23)35/h5-9,16-17,19-21,24-25,28H,4,10-15H2,1-3H3,(H2,30,31,32)/t19?,20?,21-,24-,25-,28-/m1/s1. The van der Waals surface area contributed by atoms with E-state index in [0.29, 0.717) is 42.0 Å². The lowest BCUT2D eigenvalue weighted by Gasteiger charge is -2.44. The van der Waals surface area contributed by atoms with E-state index in [1.54, 1.807) is 6.33 Å². The number of imidazole rings is 1. The van der Waals surface area contributed by atoms with Gasteiger partial charge in [0.1, 0.15) is 36.8 Å². The van der Waals surface area contributed by atoms with Crippen molar-refractivity contribution in [3.8, 4) is 0 Å². The average Bonchev–Trinajstić information content (AvgIpc) is 3.58. The summed E-state index contributed by atoms with van der Waals surface area (Å²) in [7, 11) is 0. The zero-order valence-corrected chi connectivity index (χ0v) is 23.3. The zero-order valence-electron chi connectivity index (χ0n) is 23.3. The highest BCUT2D eigenvalue weighted by Crippen LogP contribution is 2.45. The number of benzene rings is 1. The summed E-state index contributed by atoms with van der Waals surface area (Å²) in [5.74, 6) is 0.0186. The van der Waals surface area contributed by atoms with Gasteiger partial charge in [0, 0.05) is 19.0 Å². The zero-order chi connectivity index (χ0) is 27.9. The first-order valence-electron chi connectivity index (χ1n) is 14.2. The Hall–Kier alpha value is -3.12. The monoisotopic (exact) mass is 550 g/mol. The molecule has 11 heteroatoms. The number of esters is 1. The SMILES string of the molecule is CCN(C[C@H]1O[C@@H](n2cnc3c(N)ncnc32)[C@@H]2OC(C)(C)O[C@@H]21)C1CC(CCC(=O)OCc2ccccc2)C1. The molecule has 3 aromatic rings. The Morgan fingerprint density at radius 1 is 1.15 bits per heavy atom. The van der Waals surface area contributed by atoms with E-state index in [-0.39, 0.29) is 24.3 Å². The molecule has 0 radical (unpaired) electrons. The molecule has 0 unspecified atom stereocenters. The topological polar surface area (TPSA) is 127 Å². The molecule has 214 valence electrons. The van der Waals surface area contributed by atoms with Crippen molar-refractivity contribution in [2.75, 3.05) is 18.8 Å². The van der Waals surface area contributed by atoms with Crippen molar-refractivity contribution < 1.29 is 23.7 Å². The van der Waals surface area contributed by atoms with E-state index in [9.17, 15) is 4.79 Å². The Kier molecular flexibility index (Phi) is 7.47. The lowest BCUT2D eigenvalue weighted by Crippen LogP contribution is -2.49. The van der Waals surface area contributed by atoms with Gasteiger partial charge in [0.15, 0.2) is 23.5 Å². The third-order valence-electron chi connectivity index (χ3n) is 8.33. The molecule has 4 heterocycles. The number of nitrogens with zero attached hydrogens (tertiary/aromatic N) is 5. The molecule has 6 rings (SSSR count). The molecular formula is C29H38N6O5. The van der Waals surface area contributed by atoms with Crippen LogP contribution in [0.3, 0.4) is 0 Å². The Morgan fingerprint density at radius 3 is 2.70 bits per heavy atom. The first-order chi connectivity index (χ1) is 19.3. The summed E-state index contributed by atoms with van der Waals surface area (Å²) in [5.41, 5.74) is 8.18. The van der Waals surface area contributed by atoms with Gasteiger partial charge in [0.05, 0.1) is 6.33 Å². The molecule has 1 aromatic carbocycles. The van der Waals surface area contributed by atoms with Crippen LogP contribution in [0.5, 0.6) is 0 Å². The van der Waals surface area contributed by atoms with Crippen LogP contribution >= 0.6 is 0 Å². The fourth-order valence-electron chi connectivity index (χ4n) is 6.22. The van der Waals surface area contributed by atoms with E-state index < -0.39 is 12.0 Å². The minimum atomic E-state index is -0.715. The highest BCUT2D eigenvalue weighted by Gasteiger charge is 2.56. The maximum absolute atomic E-state index is 12.3. The number of nitrogens with two attached hydrogens (primary N) is 1. The number of aromatic nitrogens is 4. The van der Waals surface area contributed by atoms with E-state index in [0.717, 1.165) is 37.9 Å². The van der Waals surface area contributed by atoms with Crippen molar-refractivity contribution in [1.29, 1.82) is 0 Å². The van der Waals surface area contributed by atoms with Crippen LogP contribution in [0.25, 0.3) is 11.2 Å². The van der Waals surface area contributed by atoms with Crippen LogP contribution in [0.4, 0.5) is 5.82 Å². The minimum Gasteiger partial charge on any atom is -0.461 e. The Morgan fingerprint density at radius 2 is 1.93 bits per heavy atom. The number of anilines is 1. The number of carbonyl (C=O) groups is 1. The molecule has 3 aliphatic rings. The van der Waals surface area contributed by atoms with E-state index in [1.807, 2.05) is 48.7 Å². The third-order valence-corrected chi connectivity index (χ3v) is 8.33. The van der Waals surface area contributed by atoms with Gasteiger partial charge in [-0.25, -0.2) is 15.0 Å². The predicted molar refractivity (Wildman–Crippen MR) is 147 cm³/mol. The summed E-state index contributed by atoms with van der Waals surface area (Å²) in [6, 6.07) is 10.2. The number of hydrogen-bond donors (Lipinski definition) is 1. The van der Waals surface area contributed by atoms with Gasteiger partial charge < -0.3 is 24.7 Å². The number of nitrogen functional groups attached to an aromatic ring is 1. The van der Waals surface area contributed by atoms with Crippen LogP contribution in [0.15, 0.2) is 43.0 Å². The van der Waals surface area contributed by atoms with Gasteiger partial charge in [-0.05, 0) is 51.1 Å². The summed E-state index contributed by atoms with van der Waals surface area (Å²) in [4.78, 5) is 27.6. The van der Waals surface area contributed by atoms with Gasteiger partial charge >= 0.3 is 5.97 Å². The molecule has 1 saturated carbocycles. The maximum atomic E-state index is 12.3. The minimum absolute atomic E-state index is 0.129. The van der Waals surface area contributed by atoms with Crippen molar-refractivity contribution >= 4 is 23.0 Å². The summed E-state index contributed by atoms with van der Waals surface area (Å²) >= 11 is 0. The summed E-state index contributed by atoms with van der Waals surface area (Å²) in [6.45, 7) is 8.01. The second-order valence-corrected chi connectivity index (χ2v) is 11.5. The Labute approximate surface area is 234 Å². The molecule has 0 spiro atoms. The van der Waals surface area contributed by atoms with Gasteiger partial charge in [0.25, 0.3) is 0 Å². The molecule has 11 nitrogen and oxygen atoms in total. The molecular weight excluding hydrogens is 512 g/mol. The summed E-state index contributed by atoms with van der Waals surface area (Å²) < 4.78 is 26.6. The van der Waals surface area contributed by atoms with Crippen LogP contribution in [0.1, 0.15) is 58.2 Å². The largest absolute Gasteiger partial charge is 0.461 e. The Bertz CT molecular complexity index is 1330. The summed E-state index contributed by atoms with van der Waals surface area (Å²) in [6.07, 6.45) is 5.43. The van der Waals surface area contributed by atoms with Gasteiger partial charge in [-0.3, -0.25) is 14.3 Å². The number of fused-ring (bicyclic) bond motifs is 2. The summed E-state index contributed by atoms with van der Waals surface area (Å²) in [5, 5.41) is 0. The third kappa shape index (κ3) is 5.43. The van der Waals surface area contributed by atoms with E-state index in [1.165, 1.54) is 6.33 Å². The van der Waals surface area contributed by atoms with Crippen molar-refractivity contribution in [1.82, 2.24) is 24.4 Å². The fourth-order valence-corrected chi connectivity index (χ4v) is 6.22. The quantitative estimate of drug-likeness (QED) is 0.375. The predicted octanol–water partition coefficient (Wildman–Crippen LogP) is 3.45. The van der Waals surface area contributed by atoms with Gasteiger partial charge in [-0.1, -0.05) is 37.3 Å². The van der Waals surface area contributed by atoms with Crippen molar-refractivity contribution in [2.24, 2.45) is 5.92 Å². The fraction of sp³-hybridized carbons (Fsp3) is 0.586. The Balaban J connectivity index is 1.04. The molecule has 2 saturated heterocycles. The van der Waals surface area contributed by atoms with Crippen LogP contribution in [-0.2, 0) is 30.3 Å². The normalized spacial score (nSPS) is 29.0. The molecule has 1 aliphatic carbocycles. The van der Waals surface area contributed by atoms with E-state index in [4.69, 9.17) is 24.7 Å². The van der Waals surface area contributed by atoms with Crippen LogP contribution in [-0.4, -0.2) is 73.6 Å². The van der Waals surface area contributed by atoms with Gasteiger partial charge in [-0.15, -0.1) is 0 Å².